The molecule has 7 aromatic rings. The number of benzene rings is 6. The summed E-state index contributed by atoms with van der Waals surface area (Å²) in [5.41, 5.74) is 7.05. The van der Waals surface area contributed by atoms with Crippen molar-refractivity contribution in [3.63, 3.8) is 0 Å². The Hall–Kier alpha value is -5.28. The molecule has 7 rings (SSSR count). The van der Waals surface area contributed by atoms with Crippen LogP contribution in [0.1, 0.15) is 11.1 Å². The van der Waals surface area contributed by atoms with Gasteiger partial charge >= 0.3 is 0 Å². The minimum absolute atomic E-state index is 1.13. The van der Waals surface area contributed by atoms with Gasteiger partial charge in [-0.1, -0.05) is 109 Å². The van der Waals surface area contributed by atoms with Gasteiger partial charge in [0.2, 0.25) is 0 Å². The fraction of sp³-hybridized carbons (Fsp3) is 0.0769. The van der Waals surface area contributed by atoms with Crippen molar-refractivity contribution in [3.05, 3.63) is 157 Å². The van der Waals surface area contributed by atoms with Crippen molar-refractivity contribution in [1.82, 2.24) is 4.57 Å². The summed E-state index contributed by atoms with van der Waals surface area (Å²) in [7, 11) is 2.20. The normalized spacial score (nSPS) is 11.2. The molecule has 0 aliphatic carbocycles. The Balaban J connectivity index is 1.53. The molecule has 0 N–H and O–H groups in total. The van der Waals surface area contributed by atoms with Gasteiger partial charge in [0.05, 0.1) is 11.4 Å². The van der Waals surface area contributed by atoms with Crippen LogP contribution in [-0.2, 0) is 7.05 Å². The Morgan fingerprint density at radius 1 is 0.405 bits per heavy atom. The zero-order valence-electron chi connectivity index (χ0n) is 24.2. The standard InChI is InChI=1S/C39H33N3/c1-28-29(2)39(42(33-22-8-5-9-23-33)37-27-15-19-31-17-11-13-25-35(31)37)40(3)38(28)41(32-20-6-4-7-21-32)36-26-14-18-30-16-10-12-24-34(30)36/h4-27H,1-3H3. The highest BCUT2D eigenvalue weighted by Crippen LogP contribution is 2.48. The highest BCUT2D eigenvalue weighted by Gasteiger charge is 2.28. The van der Waals surface area contributed by atoms with Gasteiger partial charge < -0.3 is 4.57 Å². The summed E-state index contributed by atoms with van der Waals surface area (Å²) in [5, 5.41) is 4.89. The van der Waals surface area contributed by atoms with Crippen LogP contribution in [0.15, 0.2) is 146 Å². The van der Waals surface area contributed by atoms with E-state index in [0.717, 1.165) is 34.4 Å². The molecular formula is C39H33N3. The SMILES string of the molecule is Cc1c(C)c(N(c2ccccc2)c2cccc3ccccc23)n(C)c1N(c1ccccc1)c1cccc2ccccc12. The number of para-hydroxylation sites is 2. The number of hydrogen-bond acceptors (Lipinski definition) is 2. The fourth-order valence-electron chi connectivity index (χ4n) is 6.29. The lowest BCUT2D eigenvalue weighted by Gasteiger charge is -2.31. The molecule has 204 valence electrons. The zero-order valence-corrected chi connectivity index (χ0v) is 24.2. The number of aromatic nitrogens is 1. The summed E-state index contributed by atoms with van der Waals surface area (Å²) in [5.74, 6) is 2.29. The van der Waals surface area contributed by atoms with Crippen LogP contribution in [-0.4, -0.2) is 4.57 Å². The van der Waals surface area contributed by atoms with Crippen LogP contribution >= 0.6 is 0 Å². The topological polar surface area (TPSA) is 11.4 Å². The molecule has 3 nitrogen and oxygen atoms in total. The second-order valence-electron chi connectivity index (χ2n) is 10.8. The van der Waals surface area contributed by atoms with Crippen molar-refractivity contribution in [3.8, 4) is 0 Å². The predicted octanol–water partition coefficient (Wildman–Crippen LogP) is 10.9. The molecule has 0 aliphatic heterocycles. The van der Waals surface area contributed by atoms with Gasteiger partial charge in [0.15, 0.2) is 0 Å². The molecule has 1 heterocycles. The van der Waals surface area contributed by atoms with Gasteiger partial charge in [-0.3, -0.25) is 9.80 Å². The van der Waals surface area contributed by atoms with Crippen LogP contribution in [0.4, 0.5) is 34.4 Å². The van der Waals surface area contributed by atoms with Crippen molar-refractivity contribution < 1.29 is 0 Å². The van der Waals surface area contributed by atoms with Crippen LogP contribution in [0.25, 0.3) is 21.5 Å². The van der Waals surface area contributed by atoms with Crippen LogP contribution in [0.5, 0.6) is 0 Å². The van der Waals surface area contributed by atoms with E-state index in [-0.39, 0.29) is 0 Å². The third-order valence-corrected chi connectivity index (χ3v) is 8.34. The van der Waals surface area contributed by atoms with Crippen LogP contribution in [0.3, 0.4) is 0 Å². The molecule has 6 aromatic carbocycles. The van der Waals surface area contributed by atoms with Crippen LogP contribution < -0.4 is 9.80 Å². The van der Waals surface area contributed by atoms with Gasteiger partial charge in [-0.15, -0.1) is 0 Å². The zero-order chi connectivity index (χ0) is 28.6. The molecule has 0 saturated heterocycles. The maximum Gasteiger partial charge on any atom is 0.122 e. The van der Waals surface area contributed by atoms with Crippen LogP contribution in [0.2, 0.25) is 0 Å². The minimum atomic E-state index is 1.13. The Labute approximate surface area is 247 Å². The second-order valence-corrected chi connectivity index (χ2v) is 10.8. The first kappa shape index (κ1) is 25.7. The van der Waals surface area contributed by atoms with Crippen molar-refractivity contribution in [2.24, 2.45) is 7.05 Å². The lowest BCUT2D eigenvalue weighted by molar-refractivity contribution is 0.897. The van der Waals surface area contributed by atoms with Crippen molar-refractivity contribution >= 4 is 55.9 Å². The molecule has 0 amide bonds. The first-order chi connectivity index (χ1) is 20.6. The molecule has 0 radical (unpaired) electrons. The minimum Gasteiger partial charge on any atom is -0.316 e. The summed E-state index contributed by atoms with van der Waals surface area (Å²) in [6, 6.07) is 51.9. The van der Waals surface area contributed by atoms with E-state index in [1.807, 2.05) is 0 Å². The van der Waals surface area contributed by atoms with Crippen LogP contribution in [0, 0.1) is 13.8 Å². The van der Waals surface area contributed by atoms with Gasteiger partial charge in [-0.25, -0.2) is 0 Å². The highest BCUT2D eigenvalue weighted by molar-refractivity contribution is 6.01. The first-order valence-corrected chi connectivity index (χ1v) is 14.5. The molecule has 0 saturated carbocycles. The monoisotopic (exact) mass is 543 g/mol. The highest BCUT2D eigenvalue weighted by atomic mass is 15.3. The maximum atomic E-state index is 2.42. The smallest absolute Gasteiger partial charge is 0.122 e. The molecule has 0 spiro atoms. The second kappa shape index (κ2) is 10.6. The maximum absolute atomic E-state index is 2.42. The van der Waals surface area contributed by atoms with E-state index in [2.05, 4.69) is 181 Å². The Morgan fingerprint density at radius 3 is 1.19 bits per heavy atom. The largest absolute Gasteiger partial charge is 0.316 e. The summed E-state index contributed by atoms with van der Waals surface area (Å²) < 4.78 is 2.37. The molecule has 1 aromatic heterocycles. The van der Waals surface area contributed by atoms with E-state index in [0.29, 0.717) is 0 Å². The van der Waals surface area contributed by atoms with Crippen molar-refractivity contribution in [1.29, 1.82) is 0 Å². The Bertz CT molecular complexity index is 1870. The summed E-state index contributed by atoms with van der Waals surface area (Å²) in [6.45, 7) is 4.50. The molecule has 0 fully saturated rings. The molecule has 0 unspecified atom stereocenters. The number of nitrogens with zero attached hydrogens (tertiary/aromatic N) is 3. The fourth-order valence-corrected chi connectivity index (χ4v) is 6.29. The van der Waals surface area contributed by atoms with Gasteiger partial charge in [0.1, 0.15) is 11.6 Å². The van der Waals surface area contributed by atoms with Crippen molar-refractivity contribution in [2.45, 2.75) is 13.8 Å². The molecule has 0 atom stereocenters. The quantitative estimate of drug-likeness (QED) is 0.207. The van der Waals surface area contributed by atoms with Gasteiger partial charge in [0.25, 0.3) is 0 Å². The number of rotatable bonds is 6. The van der Waals surface area contributed by atoms with E-state index in [1.54, 1.807) is 0 Å². The van der Waals surface area contributed by atoms with Crippen molar-refractivity contribution in [2.75, 3.05) is 9.80 Å². The molecule has 0 aliphatic rings. The number of fused-ring (bicyclic) bond motifs is 2. The number of hydrogen-bond donors (Lipinski definition) is 0. The third-order valence-electron chi connectivity index (χ3n) is 8.34. The van der Waals surface area contributed by atoms with E-state index < -0.39 is 0 Å². The van der Waals surface area contributed by atoms with Gasteiger partial charge in [-0.05, 0) is 72.1 Å². The van der Waals surface area contributed by atoms with E-state index in [4.69, 9.17) is 0 Å². The average Bonchev–Trinajstić information content (AvgIpc) is 3.26. The number of anilines is 6. The Kier molecular flexibility index (Phi) is 6.48. The average molecular weight is 544 g/mol. The Morgan fingerprint density at radius 2 is 0.762 bits per heavy atom. The van der Waals surface area contributed by atoms with E-state index in [9.17, 15) is 0 Å². The van der Waals surface area contributed by atoms with Gasteiger partial charge in [0, 0.05) is 29.2 Å². The third kappa shape index (κ3) is 4.22. The van der Waals surface area contributed by atoms with E-state index >= 15 is 0 Å². The molecular weight excluding hydrogens is 510 g/mol. The predicted molar refractivity (Wildman–Crippen MR) is 179 cm³/mol. The van der Waals surface area contributed by atoms with E-state index in [1.165, 1.54) is 32.7 Å². The molecule has 0 bridgehead atoms. The first-order valence-electron chi connectivity index (χ1n) is 14.5. The molecule has 3 heteroatoms. The lowest BCUT2D eigenvalue weighted by Crippen LogP contribution is -2.18. The molecule has 42 heavy (non-hydrogen) atoms. The lowest BCUT2D eigenvalue weighted by atomic mass is 10.1. The summed E-state index contributed by atoms with van der Waals surface area (Å²) in [4.78, 5) is 4.83. The summed E-state index contributed by atoms with van der Waals surface area (Å²) >= 11 is 0. The van der Waals surface area contributed by atoms with Gasteiger partial charge in [-0.2, -0.15) is 0 Å². The summed E-state index contributed by atoms with van der Waals surface area (Å²) in [6.07, 6.45) is 0.